The molecular formula is C28H28ClN3O5. The van der Waals surface area contributed by atoms with Crippen molar-refractivity contribution in [3.63, 3.8) is 0 Å². The number of anilines is 1. The van der Waals surface area contributed by atoms with E-state index in [-0.39, 0.29) is 12.8 Å². The molecule has 0 saturated heterocycles. The molecule has 0 atom stereocenters. The predicted octanol–water partition coefficient (Wildman–Crippen LogP) is 5.24. The van der Waals surface area contributed by atoms with Gasteiger partial charge in [-0.25, -0.2) is 0 Å². The van der Waals surface area contributed by atoms with Gasteiger partial charge in [-0.2, -0.15) is 5.26 Å². The zero-order chi connectivity index (χ0) is 26.6. The van der Waals surface area contributed by atoms with Crippen LogP contribution < -0.4 is 15.4 Å². The number of ether oxygens (including phenoxy) is 1. The summed E-state index contributed by atoms with van der Waals surface area (Å²) in [5, 5.41) is 32.7. The van der Waals surface area contributed by atoms with Gasteiger partial charge in [-0.3, -0.25) is 9.59 Å². The molecule has 37 heavy (non-hydrogen) atoms. The first kappa shape index (κ1) is 27.5. The standard InChI is InChI=1S/C24H22ClN3O.C4H6O4/c25-22-10-7-18-11-13-27-14-12-21(18)24(22)28-16-17-5-8-20(9-6-17)29-23-4-2-1-3-19(23)15-26;5-3(6)1-2-4(7)8/h1-10,27-28H,11-14,16H2;1-2H2,(H,5,6)(H,7,8). The number of rotatable bonds is 8. The third-order valence-electron chi connectivity index (χ3n) is 5.66. The lowest BCUT2D eigenvalue weighted by Gasteiger charge is -2.16. The summed E-state index contributed by atoms with van der Waals surface area (Å²) in [6.07, 6.45) is 1.41. The molecule has 4 rings (SSSR count). The van der Waals surface area contributed by atoms with Gasteiger partial charge in [-0.15, -0.1) is 0 Å². The molecule has 0 aromatic heterocycles. The highest BCUT2D eigenvalue weighted by Crippen LogP contribution is 2.31. The maximum absolute atomic E-state index is 9.64. The number of hydrogen-bond acceptors (Lipinski definition) is 6. The number of nitrogens with one attached hydrogen (secondary N) is 2. The number of halogens is 1. The molecule has 1 heterocycles. The number of para-hydroxylation sites is 1. The lowest BCUT2D eigenvalue weighted by atomic mass is 10.0. The molecule has 1 aliphatic heterocycles. The second kappa shape index (κ2) is 13.9. The summed E-state index contributed by atoms with van der Waals surface area (Å²) in [7, 11) is 0. The average Bonchev–Trinajstić information content (AvgIpc) is 3.14. The van der Waals surface area contributed by atoms with E-state index in [9.17, 15) is 14.9 Å². The van der Waals surface area contributed by atoms with Crippen LogP contribution in [0.15, 0.2) is 60.7 Å². The quantitative estimate of drug-likeness (QED) is 0.316. The molecule has 0 unspecified atom stereocenters. The minimum atomic E-state index is -1.08. The summed E-state index contributed by atoms with van der Waals surface area (Å²) < 4.78 is 5.85. The van der Waals surface area contributed by atoms with E-state index < -0.39 is 11.9 Å². The van der Waals surface area contributed by atoms with Crippen LogP contribution in [0.3, 0.4) is 0 Å². The molecule has 9 heteroatoms. The summed E-state index contributed by atoms with van der Waals surface area (Å²) >= 11 is 6.50. The molecule has 8 nitrogen and oxygen atoms in total. The van der Waals surface area contributed by atoms with Crippen molar-refractivity contribution in [3.05, 3.63) is 87.9 Å². The molecule has 0 amide bonds. The summed E-state index contributed by atoms with van der Waals surface area (Å²) in [6, 6.07) is 21.4. The first-order valence-corrected chi connectivity index (χ1v) is 12.2. The molecule has 1 aliphatic rings. The van der Waals surface area contributed by atoms with E-state index >= 15 is 0 Å². The second-order valence-electron chi connectivity index (χ2n) is 8.31. The molecule has 0 fully saturated rings. The minimum absolute atomic E-state index is 0.296. The molecule has 4 N–H and O–H groups in total. The topological polar surface area (TPSA) is 132 Å². The lowest BCUT2D eigenvalue weighted by molar-refractivity contribution is -0.143. The Labute approximate surface area is 220 Å². The highest BCUT2D eigenvalue weighted by atomic mass is 35.5. The summed E-state index contributed by atoms with van der Waals surface area (Å²) in [5.74, 6) is -0.887. The first-order valence-electron chi connectivity index (χ1n) is 11.8. The van der Waals surface area contributed by atoms with E-state index in [2.05, 4.69) is 22.8 Å². The Morgan fingerprint density at radius 1 is 0.973 bits per heavy atom. The molecule has 0 bridgehead atoms. The van der Waals surface area contributed by atoms with Crippen LogP contribution in [0.5, 0.6) is 11.5 Å². The predicted molar refractivity (Wildman–Crippen MR) is 141 cm³/mol. The molecular weight excluding hydrogens is 494 g/mol. The van der Waals surface area contributed by atoms with E-state index in [0.29, 0.717) is 23.6 Å². The van der Waals surface area contributed by atoms with Crippen LogP contribution in [-0.2, 0) is 29.0 Å². The second-order valence-corrected chi connectivity index (χ2v) is 8.71. The van der Waals surface area contributed by atoms with Crippen molar-refractivity contribution in [2.24, 2.45) is 0 Å². The summed E-state index contributed by atoms with van der Waals surface area (Å²) in [6.45, 7) is 2.65. The van der Waals surface area contributed by atoms with Gasteiger partial charge in [-0.1, -0.05) is 41.9 Å². The molecule has 0 spiro atoms. The Balaban J connectivity index is 0.000000414. The molecule has 0 radical (unpaired) electrons. The van der Waals surface area contributed by atoms with Gasteiger partial charge in [0.15, 0.2) is 0 Å². The van der Waals surface area contributed by atoms with Crippen LogP contribution in [0.4, 0.5) is 5.69 Å². The van der Waals surface area contributed by atoms with Gasteiger partial charge in [0.1, 0.15) is 17.6 Å². The normalized spacial score (nSPS) is 12.1. The third-order valence-corrected chi connectivity index (χ3v) is 5.98. The van der Waals surface area contributed by atoms with Gasteiger partial charge < -0.3 is 25.6 Å². The van der Waals surface area contributed by atoms with Gasteiger partial charge >= 0.3 is 11.9 Å². The number of carboxylic acids is 2. The lowest BCUT2D eigenvalue weighted by Crippen LogP contribution is -2.16. The Hall–Kier alpha value is -4.06. The van der Waals surface area contributed by atoms with Gasteiger partial charge in [0.2, 0.25) is 0 Å². The van der Waals surface area contributed by atoms with E-state index in [0.717, 1.165) is 42.2 Å². The van der Waals surface area contributed by atoms with Crippen molar-refractivity contribution < 1.29 is 24.5 Å². The number of carbonyl (C=O) groups is 2. The number of nitriles is 1. The zero-order valence-corrected chi connectivity index (χ0v) is 20.9. The fourth-order valence-corrected chi connectivity index (χ4v) is 4.03. The van der Waals surface area contributed by atoms with Crippen molar-refractivity contribution in [2.75, 3.05) is 18.4 Å². The average molecular weight is 522 g/mol. The van der Waals surface area contributed by atoms with E-state index in [4.69, 9.17) is 26.6 Å². The van der Waals surface area contributed by atoms with Crippen LogP contribution in [0.2, 0.25) is 5.02 Å². The van der Waals surface area contributed by atoms with Crippen molar-refractivity contribution >= 4 is 29.2 Å². The van der Waals surface area contributed by atoms with Crippen molar-refractivity contribution in [1.29, 1.82) is 5.26 Å². The highest BCUT2D eigenvalue weighted by molar-refractivity contribution is 6.33. The first-order chi connectivity index (χ1) is 17.9. The van der Waals surface area contributed by atoms with Crippen LogP contribution >= 0.6 is 11.6 Å². The number of carboxylic acid groups (broad SMARTS) is 2. The van der Waals surface area contributed by atoms with Gasteiger partial charge in [0.25, 0.3) is 0 Å². The monoisotopic (exact) mass is 521 g/mol. The van der Waals surface area contributed by atoms with Gasteiger partial charge in [-0.05, 0) is 73.0 Å². The minimum Gasteiger partial charge on any atom is -0.481 e. The van der Waals surface area contributed by atoms with Crippen LogP contribution in [0.1, 0.15) is 35.1 Å². The third kappa shape index (κ3) is 8.53. The smallest absolute Gasteiger partial charge is 0.303 e. The number of aliphatic carboxylic acids is 2. The number of hydrogen-bond donors (Lipinski definition) is 4. The van der Waals surface area contributed by atoms with Gasteiger partial charge in [0, 0.05) is 6.54 Å². The van der Waals surface area contributed by atoms with Crippen LogP contribution in [-0.4, -0.2) is 35.2 Å². The van der Waals surface area contributed by atoms with E-state index in [1.807, 2.05) is 42.5 Å². The van der Waals surface area contributed by atoms with Crippen molar-refractivity contribution in [3.8, 4) is 17.6 Å². The largest absolute Gasteiger partial charge is 0.481 e. The highest BCUT2D eigenvalue weighted by Gasteiger charge is 2.14. The van der Waals surface area contributed by atoms with Crippen molar-refractivity contribution in [1.82, 2.24) is 5.32 Å². The van der Waals surface area contributed by atoms with E-state index in [1.165, 1.54) is 11.1 Å². The van der Waals surface area contributed by atoms with Gasteiger partial charge in [0.05, 0.1) is 29.1 Å². The SMILES string of the molecule is N#Cc1ccccc1Oc1ccc(CNc2c(Cl)ccc3c2CCNCC3)cc1.O=C(O)CCC(=O)O. The molecule has 3 aromatic rings. The Bertz CT molecular complexity index is 1260. The van der Waals surface area contributed by atoms with Crippen LogP contribution in [0.25, 0.3) is 0 Å². The number of nitrogens with zero attached hydrogens (tertiary/aromatic N) is 1. The zero-order valence-electron chi connectivity index (χ0n) is 20.2. The fourth-order valence-electron chi connectivity index (χ4n) is 3.79. The number of benzene rings is 3. The Morgan fingerprint density at radius 3 is 2.32 bits per heavy atom. The molecule has 0 aliphatic carbocycles. The maximum Gasteiger partial charge on any atom is 0.303 e. The maximum atomic E-state index is 9.64. The van der Waals surface area contributed by atoms with Crippen molar-refractivity contribution in [2.45, 2.75) is 32.2 Å². The summed E-state index contributed by atoms with van der Waals surface area (Å²) in [5.41, 5.74) is 5.37. The Morgan fingerprint density at radius 2 is 1.65 bits per heavy atom. The molecule has 3 aromatic carbocycles. The fraction of sp³-hybridized carbons (Fsp3) is 0.250. The summed E-state index contributed by atoms with van der Waals surface area (Å²) in [4.78, 5) is 19.3. The molecule has 192 valence electrons. The van der Waals surface area contributed by atoms with E-state index in [1.54, 1.807) is 12.1 Å². The molecule has 0 saturated carbocycles. The van der Waals surface area contributed by atoms with Crippen LogP contribution in [0, 0.1) is 11.3 Å². The number of fused-ring (bicyclic) bond motifs is 1. The Kier molecular flexibility index (Phi) is 10.3.